The van der Waals surface area contributed by atoms with Crippen LogP contribution in [0, 0.1) is 0 Å². The first-order valence-corrected chi connectivity index (χ1v) is 3.71. The Morgan fingerprint density at radius 2 is 2.09 bits per heavy atom. The van der Waals surface area contributed by atoms with Crippen LogP contribution in [0.1, 0.15) is 38.6 Å². The summed E-state index contributed by atoms with van der Waals surface area (Å²) in [6.07, 6.45) is 1.23. The molecule has 0 radical (unpaired) electrons. The fraction of sp³-hybridized carbons (Fsp3) is 0.714. The van der Waals surface area contributed by atoms with Gasteiger partial charge >= 0.3 is 0 Å². The summed E-state index contributed by atoms with van der Waals surface area (Å²) < 4.78 is 1.72. The molecule has 0 aliphatic heterocycles. The van der Waals surface area contributed by atoms with E-state index in [1.165, 1.54) is 0 Å². The molecule has 1 heterocycles. The molecule has 0 spiro atoms. The van der Waals surface area contributed by atoms with E-state index < -0.39 is 6.10 Å². The van der Waals surface area contributed by atoms with Gasteiger partial charge in [0.15, 0.2) is 0 Å². The van der Waals surface area contributed by atoms with Gasteiger partial charge in [-0.2, -0.15) is 0 Å². The molecule has 0 bridgehead atoms. The molecule has 0 saturated carbocycles. The van der Waals surface area contributed by atoms with Crippen LogP contribution < -0.4 is 0 Å². The number of nitrogens with zero attached hydrogens (tertiary/aromatic N) is 3. The van der Waals surface area contributed by atoms with Crippen molar-refractivity contribution >= 4 is 0 Å². The lowest BCUT2D eigenvalue weighted by atomic mass is 10.3. The minimum Gasteiger partial charge on any atom is -0.387 e. The van der Waals surface area contributed by atoms with Crippen molar-refractivity contribution in [2.45, 2.75) is 32.9 Å². The second kappa shape index (κ2) is 3.00. The van der Waals surface area contributed by atoms with Gasteiger partial charge in [-0.15, -0.1) is 5.10 Å². The van der Waals surface area contributed by atoms with Crippen molar-refractivity contribution in [1.82, 2.24) is 15.0 Å². The summed E-state index contributed by atoms with van der Waals surface area (Å²) in [7, 11) is 0. The van der Waals surface area contributed by atoms with Gasteiger partial charge in [-0.25, -0.2) is 4.68 Å². The molecular formula is C7H13N3O. The van der Waals surface area contributed by atoms with Gasteiger partial charge in [0.1, 0.15) is 5.69 Å². The molecule has 4 nitrogen and oxygen atoms in total. The Bertz CT molecular complexity index is 207. The molecular weight excluding hydrogens is 142 g/mol. The maximum Gasteiger partial charge on any atom is 0.111 e. The number of rotatable bonds is 2. The average molecular weight is 155 g/mol. The topological polar surface area (TPSA) is 50.9 Å². The van der Waals surface area contributed by atoms with Crippen molar-refractivity contribution in [1.29, 1.82) is 0 Å². The van der Waals surface area contributed by atoms with Crippen LogP contribution >= 0.6 is 0 Å². The lowest BCUT2D eigenvalue weighted by Crippen LogP contribution is -2.00. The van der Waals surface area contributed by atoms with E-state index >= 15 is 0 Å². The molecule has 1 atom stereocenters. The number of hydrogen-bond acceptors (Lipinski definition) is 3. The van der Waals surface area contributed by atoms with Gasteiger partial charge in [0.25, 0.3) is 0 Å². The Morgan fingerprint density at radius 3 is 2.36 bits per heavy atom. The highest BCUT2D eigenvalue weighted by molar-refractivity contribution is 4.95. The third kappa shape index (κ3) is 1.77. The molecule has 0 fully saturated rings. The molecule has 1 aromatic heterocycles. The van der Waals surface area contributed by atoms with Gasteiger partial charge in [-0.3, -0.25) is 0 Å². The van der Waals surface area contributed by atoms with Crippen molar-refractivity contribution in [3.05, 3.63) is 11.9 Å². The van der Waals surface area contributed by atoms with Crippen LogP contribution in [-0.4, -0.2) is 20.1 Å². The minimum atomic E-state index is -0.525. The maximum atomic E-state index is 9.10. The van der Waals surface area contributed by atoms with Crippen LogP contribution in [0.15, 0.2) is 6.20 Å². The zero-order valence-electron chi connectivity index (χ0n) is 7.02. The predicted octanol–water partition coefficient (Wildman–Crippen LogP) is 0.912. The van der Waals surface area contributed by atoms with E-state index in [2.05, 4.69) is 10.3 Å². The molecule has 0 aliphatic carbocycles. The lowest BCUT2D eigenvalue weighted by Gasteiger charge is -2.01. The van der Waals surface area contributed by atoms with Crippen molar-refractivity contribution < 1.29 is 5.11 Å². The summed E-state index contributed by atoms with van der Waals surface area (Å²) in [5.41, 5.74) is 0.624. The predicted molar refractivity (Wildman–Crippen MR) is 41.0 cm³/mol. The van der Waals surface area contributed by atoms with Crippen molar-refractivity contribution in [3.63, 3.8) is 0 Å². The van der Waals surface area contributed by atoms with Gasteiger partial charge in [0.05, 0.1) is 12.3 Å². The highest BCUT2D eigenvalue weighted by Crippen LogP contribution is 2.09. The fourth-order valence-corrected chi connectivity index (χ4v) is 0.734. The van der Waals surface area contributed by atoms with Crippen LogP contribution in [0.4, 0.5) is 0 Å². The molecule has 62 valence electrons. The summed E-state index contributed by atoms with van der Waals surface area (Å²) in [5, 5.41) is 16.7. The summed E-state index contributed by atoms with van der Waals surface area (Å²) in [6.45, 7) is 5.70. The Labute approximate surface area is 65.8 Å². The van der Waals surface area contributed by atoms with Crippen molar-refractivity contribution in [3.8, 4) is 0 Å². The van der Waals surface area contributed by atoms with Crippen LogP contribution in [0.2, 0.25) is 0 Å². The minimum absolute atomic E-state index is 0.301. The number of aromatic nitrogens is 3. The number of aliphatic hydroxyl groups excluding tert-OH is 1. The molecule has 4 heteroatoms. The van der Waals surface area contributed by atoms with Gasteiger partial charge in [0.2, 0.25) is 0 Å². The normalized spacial score (nSPS) is 13.9. The zero-order valence-corrected chi connectivity index (χ0v) is 7.02. The molecule has 0 amide bonds. The van der Waals surface area contributed by atoms with Gasteiger partial charge in [0, 0.05) is 6.04 Å². The van der Waals surface area contributed by atoms with Crippen LogP contribution in [0.3, 0.4) is 0 Å². The van der Waals surface area contributed by atoms with Gasteiger partial charge < -0.3 is 5.11 Å². The van der Waals surface area contributed by atoms with Gasteiger partial charge in [-0.1, -0.05) is 5.21 Å². The third-order valence-electron chi connectivity index (χ3n) is 1.49. The van der Waals surface area contributed by atoms with E-state index in [1.807, 2.05) is 13.8 Å². The SMILES string of the molecule is CC(O)c1cn(C(C)C)nn1. The highest BCUT2D eigenvalue weighted by Gasteiger charge is 2.06. The van der Waals surface area contributed by atoms with Crippen molar-refractivity contribution in [2.75, 3.05) is 0 Å². The third-order valence-corrected chi connectivity index (χ3v) is 1.49. The number of aliphatic hydroxyl groups is 1. The molecule has 1 N–H and O–H groups in total. The molecule has 0 aliphatic rings. The molecule has 0 saturated heterocycles. The Kier molecular flexibility index (Phi) is 2.24. The van der Waals surface area contributed by atoms with E-state index in [1.54, 1.807) is 17.8 Å². The molecule has 11 heavy (non-hydrogen) atoms. The highest BCUT2D eigenvalue weighted by atomic mass is 16.3. The van der Waals surface area contributed by atoms with E-state index in [0.717, 1.165) is 0 Å². The molecule has 0 aromatic carbocycles. The standard InChI is InChI=1S/C7H13N3O/c1-5(2)10-4-7(6(3)11)8-9-10/h4-6,11H,1-3H3. The van der Waals surface area contributed by atoms with E-state index in [-0.39, 0.29) is 0 Å². The first-order valence-electron chi connectivity index (χ1n) is 3.71. The Morgan fingerprint density at radius 1 is 1.45 bits per heavy atom. The molecule has 1 aromatic rings. The van der Waals surface area contributed by atoms with Crippen molar-refractivity contribution in [2.24, 2.45) is 0 Å². The number of hydrogen-bond donors (Lipinski definition) is 1. The molecule has 1 unspecified atom stereocenters. The average Bonchev–Trinajstić information content (AvgIpc) is 2.33. The largest absolute Gasteiger partial charge is 0.387 e. The molecule has 1 rings (SSSR count). The first kappa shape index (κ1) is 8.20. The van der Waals surface area contributed by atoms with Gasteiger partial charge in [-0.05, 0) is 20.8 Å². The monoisotopic (exact) mass is 155 g/mol. The quantitative estimate of drug-likeness (QED) is 0.690. The summed E-state index contributed by atoms with van der Waals surface area (Å²) in [4.78, 5) is 0. The lowest BCUT2D eigenvalue weighted by molar-refractivity contribution is 0.194. The summed E-state index contributed by atoms with van der Waals surface area (Å²) >= 11 is 0. The fourth-order valence-electron chi connectivity index (χ4n) is 0.734. The van der Waals surface area contributed by atoms with Crippen LogP contribution in [-0.2, 0) is 0 Å². The van der Waals surface area contributed by atoms with E-state index in [9.17, 15) is 0 Å². The smallest absolute Gasteiger partial charge is 0.111 e. The maximum absolute atomic E-state index is 9.10. The second-order valence-corrected chi connectivity index (χ2v) is 2.89. The Hall–Kier alpha value is -0.900. The summed E-state index contributed by atoms with van der Waals surface area (Å²) in [5.74, 6) is 0. The first-order chi connectivity index (χ1) is 5.11. The van der Waals surface area contributed by atoms with E-state index in [4.69, 9.17) is 5.11 Å². The van der Waals surface area contributed by atoms with Crippen LogP contribution in [0.5, 0.6) is 0 Å². The second-order valence-electron chi connectivity index (χ2n) is 2.89. The zero-order chi connectivity index (χ0) is 8.43. The Balaban J connectivity index is 2.82. The van der Waals surface area contributed by atoms with E-state index in [0.29, 0.717) is 11.7 Å². The summed E-state index contributed by atoms with van der Waals surface area (Å²) in [6, 6.07) is 0.301. The van der Waals surface area contributed by atoms with Crippen LogP contribution in [0.25, 0.3) is 0 Å².